The van der Waals surface area contributed by atoms with Gasteiger partial charge in [-0.1, -0.05) is 0 Å². The second-order valence-corrected chi connectivity index (χ2v) is 4.35. The molecule has 1 N–H and O–H groups in total. The largest absolute Gasteiger partial charge is 0.459 e. The Hall–Kier alpha value is -1.78. The summed E-state index contributed by atoms with van der Waals surface area (Å²) in [7, 11) is 1.77. The summed E-state index contributed by atoms with van der Waals surface area (Å²) in [6.45, 7) is 1.68. The lowest BCUT2D eigenvalue weighted by molar-refractivity contribution is -0.132. The summed E-state index contributed by atoms with van der Waals surface area (Å²) in [5, 5.41) is 2.62. The van der Waals surface area contributed by atoms with Gasteiger partial charge in [-0.05, 0) is 31.9 Å². The van der Waals surface area contributed by atoms with Crippen LogP contribution in [0.5, 0.6) is 0 Å². The molecule has 0 aromatic carbocycles. The predicted molar refractivity (Wildman–Crippen MR) is 61.4 cm³/mol. The van der Waals surface area contributed by atoms with Gasteiger partial charge in [0.15, 0.2) is 5.76 Å². The molecule has 1 aliphatic rings. The fourth-order valence-electron chi connectivity index (χ4n) is 1.68. The molecule has 1 aromatic heterocycles. The van der Waals surface area contributed by atoms with Crippen LogP contribution in [0, 0.1) is 0 Å². The maximum atomic E-state index is 11.9. The maximum Gasteiger partial charge on any atom is 0.287 e. The standard InChI is InChI=1S/C12H16N2O3/c1-8(12(16)14(2)9-5-6-9)13-11(15)10-4-3-7-17-10/h3-4,7-9H,5-6H2,1-2H3,(H,13,15)/t8-/m1/s1. The van der Waals surface area contributed by atoms with Crippen LogP contribution >= 0.6 is 0 Å². The van der Waals surface area contributed by atoms with Crippen LogP contribution in [0.2, 0.25) is 0 Å². The highest BCUT2D eigenvalue weighted by Gasteiger charge is 2.32. The summed E-state index contributed by atoms with van der Waals surface area (Å²) in [5.74, 6) is -0.203. The fraction of sp³-hybridized carbons (Fsp3) is 0.500. The first-order chi connectivity index (χ1) is 8.09. The molecule has 5 heteroatoms. The van der Waals surface area contributed by atoms with Gasteiger partial charge in [0.1, 0.15) is 6.04 Å². The van der Waals surface area contributed by atoms with Gasteiger partial charge in [0.2, 0.25) is 5.91 Å². The van der Waals surface area contributed by atoms with Crippen molar-refractivity contribution in [1.82, 2.24) is 10.2 Å². The van der Waals surface area contributed by atoms with Gasteiger partial charge in [-0.25, -0.2) is 0 Å². The van der Waals surface area contributed by atoms with Gasteiger partial charge in [0.05, 0.1) is 6.26 Å². The van der Waals surface area contributed by atoms with Crippen molar-refractivity contribution in [3.63, 3.8) is 0 Å². The first-order valence-electron chi connectivity index (χ1n) is 5.70. The first kappa shape index (κ1) is 11.7. The Kier molecular flexibility index (Phi) is 3.17. The molecule has 92 valence electrons. The highest BCUT2D eigenvalue weighted by atomic mass is 16.3. The number of carbonyl (C=O) groups excluding carboxylic acids is 2. The van der Waals surface area contributed by atoms with Crippen LogP contribution < -0.4 is 5.32 Å². The van der Waals surface area contributed by atoms with Crippen LogP contribution in [0.3, 0.4) is 0 Å². The molecule has 1 aliphatic carbocycles. The van der Waals surface area contributed by atoms with Gasteiger partial charge in [0, 0.05) is 13.1 Å². The van der Waals surface area contributed by atoms with Crippen LogP contribution in [0.1, 0.15) is 30.3 Å². The van der Waals surface area contributed by atoms with E-state index in [2.05, 4.69) is 5.32 Å². The van der Waals surface area contributed by atoms with E-state index in [0.717, 1.165) is 12.8 Å². The quantitative estimate of drug-likeness (QED) is 0.849. The molecular weight excluding hydrogens is 220 g/mol. The number of amides is 2. The van der Waals surface area contributed by atoms with Crippen molar-refractivity contribution < 1.29 is 14.0 Å². The molecule has 1 fully saturated rings. The molecule has 5 nitrogen and oxygen atoms in total. The van der Waals surface area contributed by atoms with E-state index in [1.807, 2.05) is 0 Å². The molecule has 2 rings (SSSR count). The predicted octanol–water partition coefficient (Wildman–Crippen LogP) is 1.02. The van der Waals surface area contributed by atoms with E-state index in [1.165, 1.54) is 6.26 Å². The summed E-state index contributed by atoms with van der Waals surface area (Å²) in [4.78, 5) is 25.3. The maximum absolute atomic E-state index is 11.9. The SMILES string of the molecule is C[C@@H](NC(=O)c1ccco1)C(=O)N(C)C1CC1. The lowest BCUT2D eigenvalue weighted by atomic mass is 10.2. The van der Waals surface area contributed by atoms with Crippen LogP contribution in [-0.2, 0) is 4.79 Å². The molecule has 2 amide bonds. The van der Waals surface area contributed by atoms with E-state index in [0.29, 0.717) is 6.04 Å². The molecule has 1 heterocycles. The Balaban J connectivity index is 1.90. The molecule has 0 aliphatic heterocycles. The second-order valence-electron chi connectivity index (χ2n) is 4.35. The number of carbonyl (C=O) groups is 2. The van der Waals surface area contributed by atoms with Gasteiger partial charge >= 0.3 is 0 Å². The van der Waals surface area contributed by atoms with Crippen LogP contribution in [0.25, 0.3) is 0 Å². The summed E-state index contributed by atoms with van der Waals surface area (Å²) in [6, 6.07) is 3.03. The molecule has 0 radical (unpaired) electrons. The van der Waals surface area contributed by atoms with Gasteiger partial charge in [0.25, 0.3) is 5.91 Å². The molecule has 0 spiro atoms. The lowest BCUT2D eigenvalue weighted by Crippen LogP contribution is -2.46. The number of hydrogen-bond acceptors (Lipinski definition) is 3. The van der Waals surface area contributed by atoms with Crippen LogP contribution in [-0.4, -0.2) is 35.8 Å². The van der Waals surface area contributed by atoms with E-state index in [4.69, 9.17) is 4.42 Å². The van der Waals surface area contributed by atoms with E-state index in [1.54, 1.807) is 31.0 Å². The molecule has 17 heavy (non-hydrogen) atoms. The minimum atomic E-state index is -0.529. The zero-order valence-electron chi connectivity index (χ0n) is 9.97. The van der Waals surface area contributed by atoms with Crippen molar-refractivity contribution in [2.24, 2.45) is 0 Å². The number of hydrogen-bond donors (Lipinski definition) is 1. The van der Waals surface area contributed by atoms with Crippen molar-refractivity contribution >= 4 is 11.8 Å². The van der Waals surface area contributed by atoms with E-state index < -0.39 is 6.04 Å². The summed E-state index contributed by atoms with van der Waals surface area (Å²) >= 11 is 0. The van der Waals surface area contributed by atoms with Crippen molar-refractivity contribution in [2.45, 2.75) is 31.8 Å². The monoisotopic (exact) mass is 236 g/mol. The lowest BCUT2D eigenvalue weighted by Gasteiger charge is -2.21. The molecular formula is C12H16N2O3. The smallest absolute Gasteiger partial charge is 0.287 e. The molecule has 1 aromatic rings. The third-order valence-electron chi connectivity index (χ3n) is 2.91. The second kappa shape index (κ2) is 4.61. The molecule has 0 unspecified atom stereocenters. The minimum absolute atomic E-state index is 0.0626. The van der Waals surface area contributed by atoms with E-state index >= 15 is 0 Å². The van der Waals surface area contributed by atoms with E-state index in [9.17, 15) is 9.59 Å². The molecule has 1 saturated carbocycles. The average molecular weight is 236 g/mol. The van der Waals surface area contributed by atoms with Gasteiger partial charge in [-0.15, -0.1) is 0 Å². The normalized spacial score (nSPS) is 16.4. The highest BCUT2D eigenvalue weighted by molar-refractivity contribution is 5.95. The number of nitrogens with zero attached hydrogens (tertiary/aromatic N) is 1. The van der Waals surface area contributed by atoms with Crippen molar-refractivity contribution in [1.29, 1.82) is 0 Å². The number of furan rings is 1. The minimum Gasteiger partial charge on any atom is -0.459 e. The fourth-order valence-corrected chi connectivity index (χ4v) is 1.68. The number of likely N-dealkylation sites (N-methyl/N-ethyl adjacent to an activating group) is 1. The van der Waals surface area contributed by atoms with Crippen molar-refractivity contribution in [3.8, 4) is 0 Å². The van der Waals surface area contributed by atoms with Crippen molar-refractivity contribution in [3.05, 3.63) is 24.2 Å². The Morgan fingerprint density at radius 1 is 1.53 bits per heavy atom. The Labute approximate surface area is 99.8 Å². The zero-order valence-corrected chi connectivity index (χ0v) is 9.97. The average Bonchev–Trinajstić information content (AvgIpc) is 3.01. The topological polar surface area (TPSA) is 62.6 Å². The number of nitrogens with one attached hydrogen (secondary N) is 1. The summed E-state index contributed by atoms with van der Waals surface area (Å²) in [6.07, 6.45) is 3.54. The summed E-state index contributed by atoms with van der Waals surface area (Å²) < 4.78 is 4.96. The molecule has 0 bridgehead atoms. The van der Waals surface area contributed by atoms with E-state index in [-0.39, 0.29) is 17.6 Å². The highest BCUT2D eigenvalue weighted by Crippen LogP contribution is 2.25. The molecule has 1 atom stereocenters. The Bertz CT molecular complexity index is 409. The number of rotatable bonds is 4. The third kappa shape index (κ3) is 2.67. The Morgan fingerprint density at radius 3 is 2.76 bits per heavy atom. The van der Waals surface area contributed by atoms with Crippen molar-refractivity contribution in [2.75, 3.05) is 7.05 Å². The van der Waals surface area contributed by atoms with Crippen LogP contribution in [0.4, 0.5) is 0 Å². The van der Waals surface area contributed by atoms with Gasteiger partial charge in [-0.2, -0.15) is 0 Å². The van der Waals surface area contributed by atoms with Gasteiger partial charge in [-0.3, -0.25) is 9.59 Å². The third-order valence-corrected chi connectivity index (χ3v) is 2.91. The zero-order chi connectivity index (χ0) is 12.4. The van der Waals surface area contributed by atoms with Gasteiger partial charge < -0.3 is 14.6 Å². The Morgan fingerprint density at radius 2 is 2.24 bits per heavy atom. The van der Waals surface area contributed by atoms with Crippen LogP contribution in [0.15, 0.2) is 22.8 Å². The first-order valence-corrected chi connectivity index (χ1v) is 5.70. The summed E-state index contributed by atoms with van der Waals surface area (Å²) in [5.41, 5.74) is 0. The molecule has 0 saturated heterocycles.